The summed E-state index contributed by atoms with van der Waals surface area (Å²) in [5.41, 5.74) is 1.55. The number of carbonyl (C=O) groups is 1. The molecule has 0 radical (unpaired) electrons. The van der Waals surface area contributed by atoms with Crippen molar-refractivity contribution < 1.29 is 9.53 Å². The Labute approximate surface area is 162 Å². The van der Waals surface area contributed by atoms with Crippen molar-refractivity contribution in [2.24, 2.45) is 0 Å². The van der Waals surface area contributed by atoms with Crippen LogP contribution in [0, 0.1) is 6.92 Å². The van der Waals surface area contributed by atoms with E-state index in [0.717, 1.165) is 31.6 Å². The molecule has 3 aromatic rings. The minimum Gasteiger partial charge on any atom is -0.455 e. The van der Waals surface area contributed by atoms with Crippen molar-refractivity contribution in [3.05, 3.63) is 60.2 Å². The molecule has 28 heavy (non-hydrogen) atoms. The molecule has 144 valence electrons. The number of pyridine rings is 1. The van der Waals surface area contributed by atoms with Gasteiger partial charge in [-0.15, -0.1) is 5.10 Å². The molecule has 0 spiro atoms. The van der Waals surface area contributed by atoms with Gasteiger partial charge < -0.3 is 15.4 Å². The van der Waals surface area contributed by atoms with E-state index in [4.69, 9.17) is 4.74 Å². The van der Waals surface area contributed by atoms with Crippen molar-refractivity contribution in [2.75, 3.05) is 18.4 Å². The van der Waals surface area contributed by atoms with E-state index in [0.29, 0.717) is 22.9 Å². The summed E-state index contributed by atoms with van der Waals surface area (Å²) in [6, 6.07) is 11.4. The number of ether oxygens (including phenoxy) is 1. The van der Waals surface area contributed by atoms with Gasteiger partial charge in [-0.25, -0.2) is 4.68 Å². The van der Waals surface area contributed by atoms with Crippen LogP contribution in [0.2, 0.25) is 0 Å². The molecule has 1 aliphatic heterocycles. The van der Waals surface area contributed by atoms with Crippen molar-refractivity contribution in [1.29, 1.82) is 0 Å². The Morgan fingerprint density at radius 2 is 2.00 bits per heavy atom. The van der Waals surface area contributed by atoms with Gasteiger partial charge in [0.25, 0.3) is 5.91 Å². The molecule has 8 heteroatoms. The molecule has 3 heterocycles. The number of amides is 1. The quantitative estimate of drug-likeness (QED) is 0.709. The third-order valence-electron chi connectivity index (χ3n) is 4.80. The molecule has 1 fully saturated rings. The fourth-order valence-electron chi connectivity index (χ4n) is 3.31. The Kier molecular flexibility index (Phi) is 5.29. The summed E-state index contributed by atoms with van der Waals surface area (Å²) >= 11 is 0. The number of hydrogen-bond donors (Lipinski definition) is 2. The molecule has 1 amide bonds. The minimum atomic E-state index is -0.330. The smallest absolute Gasteiger partial charge is 0.278 e. The zero-order valence-corrected chi connectivity index (χ0v) is 15.6. The molecular weight excluding hydrogens is 356 g/mol. The van der Waals surface area contributed by atoms with Crippen LogP contribution >= 0.6 is 0 Å². The molecule has 1 aliphatic rings. The zero-order chi connectivity index (χ0) is 19.3. The second-order valence-electron chi connectivity index (χ2n) is 6.69. The SMILES string of the molecule is Cc1c(C(=O)Nc2cnccc2Oc2ccccc2)nnn1C1CCNCC1. The first kappa shape index (κ1) is 18.1. The zero-order valence-electron chi connectivity index (χ0n) is 15.6. The molecule has 4 rings (SSSR count). The first-order valence-electron chi connectivity index (χ1n) is 9.33. The topological polar surface area (TPSA) is 94.0 Å². The van der Waals surface area contributed by atoms with Crippen molar-refractivity contribution in [3.8, 4) is 11.5 Å². The number of piperidine rings is 1. The Morgan fingerprint density at radius 3 is 2.79 bits per heavy atom. The van der Waals surface area contributed by atoms with E-state index in [2.05, 4.69) is 25.9 Å². The lowest BCUT2D eigenvalue weighted by Gasteiger charge is -2.23. The largest absolute Gasteiger partial charge is 0.455 e. The van der Waals surface area contributed by atoms with Crippen molar-refractivity contribution in [1.82, 2.24) is 25.3 Å². The van der Waals surface area contributed by atoms with Crippen LogP contribution in [-0.2, 0) is 0 Å². The fraction of sp³-hybridized carbons (Fsp3) is 0.300. The van der Waals surface area contributed by atoms with Gasteiger partial charge in [-0.3, -0.25) is 9.78 Å². The number of para-hydroxylation sites is 1. The van der Waals surface area contributed by atoms with Gasteiger partial charge in [-0.1, -0.05) is 23.4 Å². The Balaban J connectivity index is 1.52. The maximum absolute atomic E-state index is 12.8. The van der Waals surface area contributed by atoms with E-state index in [1.54, 1.807) is 18.5 Å². The van der Waals surface area contributed by atoms with E-state index < -0.39 is 0 Å². The Bertz CT molecular complexity index is 950. The van der Waals surface area contributed by atoms with E-state index in [9.17, 15) is 4.79 Å². The van der Waals surface area contributed by atoms with E-state index >= 15 is 0 Å². The van der Waals surface area contributed by atoms with Crippen LogP contribution in [0.25, 0.3) is 0 Å². The highest BCUT2D eigenvalue weighted by atomic mass is 16.5. The Hall–Kier alpha value is -3.26. The highest BCUT2D eigenvalue weighted by molar-refractivity contribution is 6.04. The predicted molar refractivity (Wildman–Crippen MR) is 105 cm³/mol. The number of aromatic nitrogens is 4. The number of carbonyl (C=O) groups excluding carboxylic acids is 1. The molecule has 0 saturated carbocycles. The van der Waals surface area contributed by atoms with Gasteiger partial charge in [0.1, 0.15) is 11.4 Å². The normalized spacial score (nSPS) is 14.6. The van der Waals surface area contributed by atoms with Crippen molar-refractivity contribution >= 4 is 11.6 Å². The van der Waals surface area contributed by atoms with Crippen LogP contribution < -0.4 is 15.4 Å². The molecule has 8 nitrogen and oxygen atoms in total. The number of nitrogens with one attached hydrogen (secondary N) is 2. The lowest BCUT2D eigenvalue weighted by Crippen LogP contribution is -2.30. The Morgan fingerprint density at radius 1 is 1.21 bits per heavy atom. The fourth-order valence-corrected chi connectivity index (χ4v) is 3.31. The molecule has 2 N–H and O–H groups in total. The molecule has 0 bridgehead atoms. The van der Waals surface area contributed by atoms with Crippen LogP contribution in [0.5, 0.6) is 11.5 Å². The van der Waals surface area contributed by atoms with Crippen LogP contribution in [0.15, 0.2) is 48.8 Å². The summed E-state index contributed by atoms with van der Waals surface area (Å²) in [5.74, 6) is 0.860. The maximum atomic E-state index is 12.8. The summed E-state index contributed by atoms with van der Waals surface area (Å²) in [4.78, 5) is 16.9. The summed E-state index contributed by atoms with van der Waals surface area (Å²) < 4.78 is 7.74. The third-order valence-corrected chi connectivity index (χ3v) is 4.80. The standard InChI is InChI=1S/C20H22N6O2/c1-14-19(24-25-26(14)15-7-10-21-11-8-15)20(27)23-17-13-22-12-9-18(17)28-16-5-3-2-4-6-16/h2-6,9,12-13,15,21H,7-8,10-11H2,1H3,(H,23,27). The van der Waals surface area contributed by atoms with Crippen molar-refractivity contribution in [2.45, 2.75) is 25.8 Å². The molecular formula is C20H22N6O2. The number of hydrogen-bond acceptors (Lipinski definition) is 6. The average molecular weight is 378 g/mol. The predicted octanol–water partition coefficient (Wildman–Crippen LogP) is 2.95. The van der Waals surface area contributed by atoms with Gasteiger partial charge in [0, 0.05) is 12.3 Å². The van der Waals surface area contributed by atoms with Crippen LogP contribution in [0.4, 0.5) is 5.69 Å². The lowest BCUT2D eigenvalue weighted by molar-refractivity contribution is 0.102. The van der Waals surface area contributed by atoms with Crippen molar-refractivity contribution in [3.63, 3.8) is 0 Å². The minimum absolute atomic E-state index is 0.269. The monoisotopic (exact) mass is 378 g/mol. The van der Waals surface area contributed by atoms with Crippen LogP contribution in [0.3, 0.4) is 0 Å². The van der Waals surface area contributed by atoms with Gasteiger partial charge in [0.2, 0.25) is 0 Å². The van der Waals surface area contributed by atoms with Crippen LogP contribution in [0.1, 0.15) is 35.1 Å². The number of anilines is 1. The molecule has 1 aromatic carbocycles. The summed E-state index contributed by atoms with van der Waals surface area (Å²) in [7, 11) is 0. The first-order chi connectivity index (χ1) is 13.7. The molecule has 1 saturated heterocycles. The summed E-state index contributed by atoms with van der Waals surface area (Å²) in [6.07, 6.45) is 5.13. The summed E-state index contributed by atoms with van der Waals surface area (Å²) in [5, 5.41) is 14.5. The number of rotatable bonds is 5. The maximum Gasteiger partial charge on any atom is 0.278 e. The lowest BCUT2D eigenvalue weighted by atomic mass is 10.1. The first-order valence-corrected chi connectivity index (χ1v) is 9.33. The molecule has 2 aromatic heterocycles. The number of benzene rings is 1. The van der Waals surface area contributed by atoms with Gasteiger partial charge in [-0.05, 0) is 45.0 Å². The van der Waals surface area contributed by atoms with E-state index in [1.165, 1.54) is 0 Å². The molecule has 0 atom stereocenters. The average Bonchev–Trinajstić information content (AvgIpc) is 3.12. The third kappa shape index (κ3) is 3.86. The molecule has 0 aliphatic carbocycles. The summed E-state index contributed by atoms with van der Waals surface area (Å²) in [6.45, 7) is 3.77. The highest BCUT2D eigenvalue weighted by Crippen LogP contribution is 2.29. The van der Waals surface area contributed by atoms with E-state index in [1.807, 2.05) is 41.9 Å². The van der Waals surface area contributed by atoms with Gasteiger partial charge in [0.05, 0.1) is 17.9 Å². The van der Waals surface area contributed by atoms with Gasteiger partial charge in [-0.2, -0.15) is 0 Å². The van der Waals surface area contributed by atoms with Gasteiger partial charge >= 0.3 is 0 Å². The highest BCUT2D eigenvalue weighted by Gasteiger charge is 2.23. The van der Waals surface area contributed by atoms with E-state index in [-0.39, 0.29) is 11.9 Å². The van der Waals surface area contributed by atoms with Gasteiger partial charge in [0.15, 0.2) is 11.4 Å². The number of nitrogens with zero attached hydrogens (tertiary/aromatic N) is 4. The van der Waals surface area contributed by atoms with Crippen LogP contribution in [-0.4, -0.2) is 39.0 Å². The molecule has 0 unspecified atom stereocenters. The second-order valence-corrected chi connectivity index (χ2v) is 6.69. The second kappa shape index (κ2) is 8.18.